The number of carbonyl (C=O) groups excluding carboxylic acids is 1. The van der Waals surface area contributed by atoms with Crippen molar-refractivity contribution in [1.82, 2.24) is 9.62 Å². The smallest absolute Gasteiger partial charge is 0.246 e. The fourth-order valence-corrected chi connectivity index (χ4v) is 5.67. The molecule has 2 saturated heterocycles. The molecular formula is C17H22BrFN2O4S. The summed E-state index contributed by atoms with van der Waals surface area (Å²) in [5.41, 5.74) is 0. The molecule has 1 atom stereocenters. The van der Waals surface area contributed by atoms with Crippen molar-refractivity contribution in [3.05, 3.63) is 28.5 Å². The maximum Gasteiger partial charge on any atom is 0.246 e. The summed E-state index contributed by atoms with van der Waals surface area (Å²) >= 11 is 3.17. The summed E-state index contributed by atoms with van der Waals surface area (Å²) in [6, 6.07) is 2.99. The Morgan fingerprint density at radius 3 is 2.77 bits per heavy atom. The minimum atomic E-state index is -4.08. The highest BCUT2D eigenvalue weighted by Crippen LogP contribution is 2.29. The van der Waals surface area contributed by atoms with Crippen molar-refractivity contribution in [2.24, 2.45) is 5.92 Å². The Morgan fingerprint density at radius 1 is 1.31 bits per heavy atom. The molecule has 1 aromatic carbocycles. The molecule has 0 aliphatic carbocycles. The van der Waals surface area contributed by atoms with Gasteiger partial charge in [-0.15, -0.1) is 0 Å². The second kappa shape index (κ2) is 8.33. The molecular weight excluding hydrogens is 427 g/mol. The molecule has 1 amide bonds. The van der Waals surface area contributed by atoms with Crippen molar-refractivity contribution < 1.29 is 22.3 Å². The van der Waals surface area contributed by atoms with Gasteiger partial charge in [0, 0.05) is 30.8 Å². The van der Waals surface area contributed by atoms with E-state index in [4.69, 9.17) is 4.74 Å². The topological polar surface area (TPSA) is 75.7 Å². The molecule has 9 heteroatoms. The van der Waals surface area contributed by atoms with Crippen molar-refractivity contribution in [2.45, 2.75) is 36.6 Å². The lowest BCUT2D eigenvalue weighted by Crippen LogP contribution is -2.47. The average Bonchev–Trinajstić information content (AvgIpc) is 3.13. The van der Waals surface area contributed by atoms with Gasteiger partial charge in [-0.25, -0.2) is 12.8 Å². The molecule has 3 rings (SSSR count). The lowest BCUT2D eigenvalue weighted by atomic mass is 10.0. The molecule has 26 heavy (non-hydrogen) atoms. The number of hydrogen-bond acceptors (Lipinski definition) is 4. The largest absolute Gasteiger partial charge is 0.381 e. The van der Waals surface area contributed by atoms with Crippen LogP contribution in [0.4, 0.5) is 4.39 Å². The highest BCUT2D eigenvalue weighted by atomic mass is 79.9. The van der Waals surface area contributed by atoms with Crippen molar-refractivity contribution in [2.75, 3.05) is 26.3 Å². The first-order valence-electron chi connectivity index (χ1n) is 8.72. The highest BCUT2D eigenvalue weighted by molar-refractivity contribution is 9.10. The van der Waals surface area contributed by atoms with Crippen molar-refractivity contribution >= 4 is 31.9 Å². The molecule has 2 heterocycles. The van der Waals surface area contributed by atoms with E-state index in [1.807, 2.05) is 0 Å². The SMILES string of the molecule is O=C(NCC1CCOCC1)C1CCCN1S(=O)(=O)c1cc(Br)ccc1F. The summed E-state index contributed by atoms with van der Waals surface area (Å²) in [5, 5.41) is 2.87. The van der Waals surface area contributed by atoms with Crippen LogP contribution >= 0.6 is 15.9 Å². The zero-order chi connectivity index (χ0) is 18.7. The Bertz CT molecular complexity index is 768. The quantitative estimate of drug-likeness (QED) is 0.749. The molecule has 1 unspecified atom stereocenters. The minimum absolute atomic E-state index is 0.212. The zero-order valence-corrected chi connectivity index (χ0v) is 16.7. The number of sulfonamides is 1. The van der Waals surface area contributed by atoms with Crippen LogP contribution in [-0.2, 0) is 19.6 Å². The number of nitrogens with one attached hydrogen (secondary N) is 1. The number of hydrogen-bond donors (Lipinski definition) is 1. The van der Waals surface area contributed by atoms with Crippen LogP contribution in [0.1, 0.15) is 25.7 Å². The Hall–Kier alpha value is -1.03. The fourth-order valence-electron chi connectivity index (χ4n) is 3.40. The fraction of sp³-hybridized carbons (Fsp3) is 0.588. The van der Waals surface area contributed by atoms with Crippen molar-refractivity contribution in [1.29, 1.82) is 0 Å². The third kappa shape index (κ3) is 4.27. The molecule has 0 spiro atoms. The Morgan fingerprint density at radius 2 is 2.04 bits per heavy atom. The van der Waals surface area contributed by atoms with Gasteiger partial charge in [0.2, 0.25) is 15.9 Å². The number of nitrogens with zero attached hydrogens (tertiary/aromatic N) is 1. The highest BCUT2D eigenvalue weighted by Gasteiger charge is 2.40. The van der Waals surface area contributed by atoms with Gasteiger partial charge in [0.25, 0.3) is 0 Å². The van der Waals surface area contributed by atoms with Gasteiger partial charge in [0.1, 0.15) is 16.8 Å². The first kappa shape index (κ1) is 19.7. The van der Waals surface area contributed by atoms with Crippen LogP contribution in [0.3, 0.4) is 0 Å². The van der Waals surface area contributed by atoms with Gasteiger partial charge in [0.05, 0.1) is 0 Å². The second-order valence-corrected chi connectivity index (χ2v) is 9.42. The van der Waals surface area contributed by atoms with Gasteiger partial charge in [-0.3, -0.25) is 4.79 Å². The lowest BCUT2D eigenvalue weighted by Gasteiger charge is -2.26. The summed E-state index contributed by atoms with van der Waals surface area (Å²) in [6.45, 7) is 2.10. The zero-order valence-electron chi connectivity index (χ0n) is 14.3. The van der Waals surface area contributed by atoms with Crippen LogP contribution in [0, 0.1) is 11.7 Å². The summed E-state index contributed by atoms with van der Waals surface area (Å²) in [6.07, 6.45) is 2.78. The number of carbonyl (C=O) groups is 1. The Balaban J connectivity index is 1.72. The van der Waals surface area contributed by atoms with Crippen molar-refractivity contribution in [3.63, 3.8) is 0 Å². The van der Waals surface area contributed by atoms with E-state index in [1.54, 1.807) is 0 Å². The molecule has 2 fully saturated rings. The van der Waals surface area contributed by atoms with Crippen LogP contribution in [-0.4, -0.2) is 51.0 Å². The summed E-state index contributed by atoms with van der Waals surface area (Å²) in [7, 11) is -4.08. The van der Waals surface area contributed by atoms with E-state index in [-0.39, 0.29) is 12.5 Å². The molecule has 1 N–H and O–H groups in total. The number of halogens is 2. The normalized spacial score (nSPS) is 22.5. The minimum Gasteiger partial charge on any atom is -0.381 e. The third-order valence-electron chi connectivity index (χ3n) is 4.89. The van der Waals surface area contributed by atoms with Gasteiger partial charge in [-0.05, 0) is 49.8 Å². The third-order valence-corrected chi connectivity index (χ3v) is 7.31. The first-order valence-corrected chi connectivity index (χ1v) is 11.0. The maximum absolute atomic E-state index is 14.1. The number of amides is 1. The van der Waals surface area contributed by atoms with Gasteiger partial charge < -0.3 is 10.1 Å². The molecule has 0 saturated carbocycles. The van der Waals surface area contributed by atoms with Gasteiger partial charge in [-0.2, -0.15) is 4.31 Å². The monoisotopic (exact) mass is 448 g/mol. The average molecular weight is 449 g/mol. The molecule has 144 valence electrons. The molecule has 0 bridgehead atoms. The lowest BCUT2D eigenvalue weighted by molar-refractivity contribution is -0.124. The van der Waals surface area contributed by atoms with E-state index in [2.05, 4.69) is 21.2 Å². The predicted molar refractivity (Wildman–Crippen MR) is 97.6 cm³/mol. The van der Waals surface area contributed by atoms with E-state index in [9.17, 15) is 17.6 Å². The molecule has 2 aliphatic heterocycles. The molecule has 1 aromatic rings. The van der Waals surface area contributed by atoms with Gasteiger partial charge in [0.15, 0.2) is 0 Å². The van der Waals surface area contributed by atoms with Crippen LogP contribution in [0.2, 0.25) is 0 Å². The Kier molecular flexibility index (Phi) is 6.32. The number of benzene rings is 1. The van der Waals surface area contributed by atoms with Crippen LogP contribution in [0.15, 0.2) is 27.6 Å². The molecule has 6 nitrogen and oxygen atoms in total. The van der Waals surface area contributed by atoms with Crippen molar-refractivity contribution in [3.8, 4) is 0 Å². The molecule has 0 radical (unpaired) electrons. The number of rotatable bonds is 5. The Labute approximate surface area is 161 Å². The summed E-state index contributed by atoms with van der Waals surface area (Å²) in [4.78, 5) is 12.2. The van der Waals surface area contributed by atoms with E-state index >= 15 is 0 Å². The van der Waals surface area contributed by atoms with Crippen LogP contribution < -0.4 is 5.32 Å². The molecule has 0 aromatic heterocycles. The maximum atomic E-state index is 14.1. The van der Waals surface area contributed by atoms with E-state index < -0.39 is 26.8 Å². The molecule has 2 aliphatic rings. The van der Waals surface area contributed by atoms with Crippen LogP contribution in [0.25, 0.3) is 0 Å². The first-order chi connectivity index (χ1) is 12.4. The number of ether oxygens (including phenoxy) is 1. The van der Waals surface area contributed by atoms with Gasteiger partial charge in [-0.1, -0.05) is 15.9 Å². The van der Waals surface area contributed by atoms with E-state index in [1.165, 1.54) is 12.1 Å². The predicted octanol–water partition coefficient (Wildman–Crippen LogP) is 2.28. The van der Waals surface area contributed by atoms with Gasteiger partial charge >= 0.3 is 0 Å². The van der Waals surface area contributed by atoms with Crippen LogP contribution in [0.5, 0.6) is 0 Å². The standard InChI is InChI=1S/C17H22BrFN2O4S/c18-13-3-4-14(19)16(10-13)26(23,24)21-7-1-2-15(21)17(22)20-11-12-5-8-25-9-6-12/h3-4,10,12,15H,1-2,5-9,11H2,(H,20,22). The summed E-state index contributed by atoms with van der Waals surface area (Å²) < 4.78 is 46.8. The van der Waals surface area contributed by atoms with E-state index in [0.29, 0.717) is 43.0 Å². The summed E-state index contributed by atoms with van der Waals surface area (Å²) in [5.74, 6) is -0.781. The second-order valence-electron chi connectivity index (χ2n) is 6.65. The van der Waals surface area contributed by atoms with E-state index in [0.717, 1.165) is 23.2 Å².